The molecule has 0 spiro atoms. The number of benzene rings is 1. The lowest BCUT2D eigenvalue weighted by molar-refractivity contribution is -0.127. The number of carbonyl (C=O) groups is 1. The minimum Gasteiger partial charge on any atom is -0.292 e. The van der Waals surface area contributed by atoms with Gasteiger partial charge in [0.15, 0.2) is 5.54 Å². The van der Waals surface area contributed by atoms with Gasteiger partial charge < -0.3 is 0 Å². The number of rotatable bonds is 2. The molecule has 0 fully saturated rings. The summed E-state index contributed by atoms with van der Waals surface area (Å²) in [7, 11) is 0. The molecule has 0 saturated carbocycles. The lowest BCUT2D eigenvalue weighted by atomic mass is 9.81. The summed E-state index contributed by atoms with van der Waals surface area (Å²) in [6.45, 7) is 5.68. The number of hydrogen-bond donors (Lipinski definition) is 0. The molecule has 1 aliphatic heterocycles. The Morgan fingerprint density at radius 2 is 2.10 bits per heavy atom. The number of amides is 1. The van der Waals surface area contributed by atoms with E-state index in [0.29, 0.717) is 6.42 Å². The predicted molar refractivity (Wildman–Crippen MR) is 79.3 cm³/mol. The highest BCUT2D eigenvalue weighted by Crippen LogP contribution is 2.38. The molecule has 1 unspecified atom stereocenters. The fourth-order valence-electron chi connectivity index (χ4n) is 2.56. The lowest BCUT2D eigenvalue weighted by Crippen LogP contribution is -2.46. The summed E-state index contributed by atoms with van der Waals surface area (Å²) >= 11 is 0. The average molecular weight is 266 g/mol. The Kier molecular flexibility index (Phi) is 3.76. The molecule has 20 heavy (non-hydrogen) atoms. The third kappa shape index (κ3) is 2.14. The average Bonchev–Trinajstić information content (AvgIpc) is 2.45. The van der Waals surface area contributed by atoms with Gasteiger partial charge >= 0.3 is 0 Å². The molecule has 102 valence electrons. The van der Waals surface area contributed by atoms with E-state index < -0.39 is 5.54 Å². The van der Waals surface area contributed by atoms with Crippen LogP contribution in [0.25, 0.3) is 6.08 Å². The molecule has 0 radical (unpaired) electrons. The van der Waals surface area contributed by atoms with Gasteiger partial charge in [-0.1, -0.05) is 36.8 Å². The van der Waals surface area contributed by atoms with Crippen molar-refractivity contribution in [2.24, 2.45) is 0 Å². The topological polar surface area (TPSA) is 44.1 Å². The van der Waals surface area contributed by atoms with Crippen LogP contribution >= 0.6 is 0 Å². The molecule has 2 rings (SSSR count). The molecule has 0 N–H and O–H groups in total. The smallest absolute Gasteiger partial charge is 0.252 e. The van der Waals surface area contributed by atoms with Crippen LogP contribution in [-0.2, 0) is 10.3 Å². The molecule has 0 bridgehead atoms. The normalized spacial score (nSPS) is 20.0. The van der Waals surface area contributed by atoms with Gasteiger partial charge in [0.05, 0.1) is 6.07 Å². The molecule has 1 atom stereocenters. The van der Waals surface area contributed by atoms with Crippen LogP contribution in [-0.4, -0.2) is 10.8 Å². The molecule has 3 heteroatoms. The molecule has 1 aromatic carbocycles. The van der Waals surface area contributed by atoms with Crippen LogP contribution in [0.4, 0.5) is 0 Å². The number of nitrogens with zero attached hydrogens (tertiary/aromatic N) is 2. The fourth-order valence-corrected chi connectivity index (χ4v) is 2.56. The zero-order valence-electron chi connectivity index (χ0n) is 12.1. The molecule has 3 nitrogen and oxygen atoms in total. The monoisotopic (exact) mass is 266 g/mol. The molecule has 1 aliphatic rings. The van der Waals surface area contributed by atoms with E-state index in [1.165, 1.54) is 0 Å². The second kappa shape index (κ2) is 5.34. The zero-order valence-corrected chi connectivity index (χ0v) is 12.1. The third-order valence-corrected chi connectivity index (χ3v) is 3.57. The van der Waals surface area contributed by atoms with Crippen LogP contribution in [0.3, 0.4) is 0 Å². The van der Waals surface area contributed by atoms with Crippen molar-refractivity contribution in [3.63, 3.8) is 0 Å². The summed E-state index contributed by atoms with van der Waals surface area (Å²) in [4.78, 5) is 13.9. The first-order chi connectivity index (χ1) is 9.55. The van der Waals surface area contributed by atoms with Crippen molar-refractivity contribution < 1.29 is 4.79 Å². The molecule has 1 heterocycles. The summed E-state index contributed by atoms with van der Waals surface area (Å²) in [6, 6.07) is 10.1. The van der Waals surface area contributed by atoms with E-state index in [1.54, 1.807) is 17.2 Å². The van der Waals surface area contributed by atoms with Crippen LogP contribution in [0, 0.1) is 11.3 Å². The zero-order chi connectivity index (χ0) is 14.8. The van der Waals surface area contributed by atoms with Gasteiger partial charge in [-0.25, -0.2) is 0 Å². The molecule has 1 aromatic rings. The molecular weight excluding hydrogens is 248 g/mol. The Bertz CT molecular complexity index is 633. The SMILES string of the molecule is CCC1(C#N)c2ccccc2C=CN1C(=O)C=C(C)C. The van der Waals surface area contributed by atoms with Gasteiger partial charge in [-0.05, 0) is 37.5 Å². The van der Waals surface area contributed by atoms with E-state index in [9.17, 15) is 10.1 Å². The quantitative estimate of drug-likeness (QED) is 0.768. The standard InChI is InChI=1S/C17H18N2O/c1-4-17(12-18)15-8-6-5-7-14(15)9-10-19(17)16(20)11-13(2)3/h5-11H,4H2,1-3H3. The Hall–Kier alpha value is -2.34. The second-order valence-corrected chi connectivity index (χ2v) is 5.16. The van der Waals surface area contributed by atoms with E-state index in [2.05, 4.69) is 6.07 Å². The minimum atomic E-state index is -0.922. The largest absolute Gasteiger partial charge is 0.292 e. The molecular formula is C17H18N2O. The Labute approximate surface area is 119 Å². The van der Waals surface area contributed by atoms with Crippen molar-refractivity contribution >= 4 is 12.0 Å². The molecule has 1 amide bonds. The van der Waals surface area contributed by atoms with E-state index >= 15 is 0 Å². The number of hydrogen-bond acceptors (Lipinski definition) is 2. The van der Waals surface area contributed by atoms with E-state index in [-0.39, 0.29) is 5.91 Å². The Morgan fingerprint density at radius 1 is 1.40 bits per heavy atom. The first kappa shape index (κ1) is 14.1. The maximum absolute atomic E-state index is 12.4. The van der Waals surface area contributed by atoms with Crippen LogP contribution < -0.4 is 0 Å². The third-order valence-electron chi connectivity index (χ3n) is 3.57. The highest BCUT2D eigenvalue weighted by atomic mass is 16.2. The number of fused-ring (bicyclic) bond motifs is 1. The van der Waals surface area contributed by atoms with Crippen molar-refractivity contribution in [2.45, 2.75) is 32.7 Å². The summed E-state index contributed by atoms with van der Waals surface area (Å²) < 4.78 is 0. The van der Waals surface area contributed by atoms with Gasteiger partial charge in [-0.3, -0.25) is 9.69 Å². The Morgan fingerprint density at radius 3 is 2.70 bits per heavy atom. The van der Waals surface area contributed by atoms with Gasteiger partial charge in [0.2, 0.25) is 0 Å². The van der Waals surface area contributed by atoms with Crippen LogP contribution in [0.1, 0.15) is 38.3 Å². The van der Waals surface area contributed by atoms with Crippen molar-refractivity contribution in [3.8, 4) is 6.07 Å². The van der Waals surface area contributed by atoms with E-state index in [1.807, 2.05) is 51.1 Å². The number of carbonyl (C=O) groups excluding carboxylic acids is 1. The second-order valence-electron chi connectivity index (χ2n) is 5.16. The van der Waals surface area contributed by atoms with Gasteiger partial charge in [0, 0.05) is 12.3 Å². The van der Waals surface area contributed by atoms with Gasteiger partial charge in [-0.2, -0.15) is 5.26 Å². The van der Waals surface area contributed by atoms with Crippen molar-refractivity contribution in [3.05, 3.63) is 53.2 Å². The first-order valence-corrected chi connectivity index (χ1v) is 6.72. The highest BCUT2D eigenvalue weighted by Gasteiger charge is 2.41. The summed E-state index contributed by atoms with van der Waals surface area (Å²) in [5, 5.41) is 9.74. The first-order valence-electron chi connectivity index (χ1n) is 6.72. The summed E-state index contributed by atoms with van der Waals surface area (Å²) in [5.74, 6) is -0.154. The van der Waals surface area contributed by atoms with Gasteiger partial charge in [0.25, 0.3) is 5.91 Å². The van der Waals surface area contributed by atoms with Gasteiger partial charge in [0.1, 0.15) is 0 Å². The van der Waals surface area contributed by atoms with E-state index in [4.69, 9.17) is 0 Å². The lowest BCUT2D eigenvalue weighted by Gasteiger charge is -2.39. The van der Waals surface area contributed by atoms with Crippen molar-refractivity contribution in [1.82, 2.24) is 4.90 Å². The van der Waals surface area contributed by atoms with Crippen molar-refractivity contribution in [1.29, 1.82) is 5.26 Å². The van der Waals surface area contributed by atoms with Crippen molar-refractivity contribution in [2.75, 3.05) is 0 Å². The highest BCUT2D eigenvalue weighted by molar-refractivity contribution is 5.91. The fraction of sp³-hybridized carbons (Fsp3) is 0.294. The maximum Gasteiger partial charge on any atom is 0.252 e. The predicted octanol–water partition coefficient (Wildman–Crippen LogP) is 3.59. The number of allylic oxidation sites excluding steroid dienone is 1. The number of nitriles is 1. The maximum atomic E-state index is 12.4. The van der Waals surface area contributed by atoms with Crippen LogP contribution in [0.2, 0.25) is 0 Å². The van der Waals surface area contributed by atoms with E-state index in [0.717, 1.165) is 16.7 Å². The Balaban J connectivity index is 2.59. The van der Waals surface area contributed by atoms with Crippen LogP contribution in [0.5, 0.6) is 0 Å². The minimum absolute atomic E-state index is 0.154. The summed E-state index contributed by atoms with van der Waals surface area (Å²) in [6.07, 6.45) is 5.72. The van der Waals surface area contributed by atoms with Gasteiger partial charge in [-0.15, -0.1) is 0 Å². The molecule has 0 aliphatic carbocycles. The molecule has 0 aromatic heterocycles. The molecule has 0 saturated heterocycles. The summed E-state index contributed by atoms with van der Waals surface area (Å²) in [5.41, 5.74) is 1.89. The van der Waals surface area contributed by atoms with Crippen LogP contribution in [0.15, 0.2) is 42.1 Å².